The summed E-state index contributed by atoms with van der Waals surface area (Å²) in [7, 11) is 0. The highest BCUT2D eigenvalue weighted by Crippen LogP contribution is 2.44. The van der Waals surface area contributed by atoms with Crippen LogP contribution >= 0.6 is 0 Å². The van der Waals surface area contributed by atoms with Gasteiger partial charge in [0.05, 0.1) is 17.1 Å². The normalized spacial score (nSPS) is 15.0. The summed E-state index contributed by atoms with van der Waals surface area (Å²) in [5.74, 6) is 0. The van der Waals surface area contributed by atoms with Crippen LogP contribution in [0.1, 0.15) is 37.0 Å². The van der Waals surface area contributed by atoms with Crippen molar-refractivity contribution in [3.8, 4) is 33.4 Å². The Labute approximate surface area is 379 Å². The molecule has 0 aliphatic heterocycles. The van der Waals surface area contributed by atoms with Crippen molar-refractivity contribution >= 4 is 40.6 Å². The van der Waals surface area contributed by atoms with E-state index in [4.69, 9.17) is 0 Å². The van der Waals surface area contributed by atoms with Gasteiger partial charge in [-0.15, -0.1) is 0 Å². The van der Waals surface area contributed by atoms with Crippen LogP contribution in [0.15, 0.2) is 255 Å². The molecule has 9 rings (SSSR count). The molecule has 2 nitrogen and oxygen atoms in total. The topological polar surface area (TPSA) is 6.48 Å². The minimum absolute atomic E-state index is 0.153. The van der Waals surface area contributed by atoms with Crippen LogP contribution in [-0.2, 0) is 5.41 Å². The lowest BCUT2D eigenvalue weighted by Crippen LogP contribution is -2.20. The van der Waals surface area contributed by atoms with Crippen molar-refractivity contribution in [1.29, 1.82) is 0 Å². The molecule has 0 amide bonds. The lowest BCUT2D eigenvalue weighted by molar-refractivity contribution is 0.571. The Morgan fingerprint density at radius 1 is 0.484 bits per heavy atom. The summed E-state index contributed by atoms with van der Waals surface area (Å²) in [6.07, 6.45) is 18.3. The van der Waals surface area contributed by atoms with Gasteiger partial charge in [-0.2, -0.15) is 0 Å². The smallest absolute Gasteiger partial charge is 0.0540 e. The minimum atomic E-state index is -0.153. The van der Waals surface area contributed by atoms with E-state index in [1.807, 2.05) is 12.2 Å². The van der Waals surface area contributed by atoms with E-state index in [0.717, 1.165) is 68.4 Å². The number of rotatable bonds is 12. The highest BCUT2D eigenvalue weighted by molar-refractivity contribution is 5.92. The summed E-state index contributed by atoms with van der Waals surface area (Å²) in [5, 5.41) is 0. The molecule has 64 heavy (non-hydrogen) atoms. The summed E-state index contributed by atoms with van der Waals surface area (Å²) in [6.45, 7) is 8.56. The summed E-state index contributed by atoms with van der Waals surface area (Å²) in [5.41, 5.74) is 17.0. The molecule has 1 aliphatic rings. The van der Waals surface area contributed by atoms with Gasteiger partial charge < -0.3 is 9.80 Å². The van der Waals surface area contributed by atoms with E-state index in [2.05, 4.69) is 273 Å². The van der Waals surface area contributed by atoms with Crippen LogP contribution in [0.3, 0.4) is 0 Å². The molecule has 0 fully saturated rings. The lowest BCUT2D eigenvalue weighted by Gasteiger charge is -2.30. The van der Waals surface area contributed by atoms with Gasteiger partial charge >= 0.3 is 0 Å². The zero-order valence-electron chi connectivity index (χ0n) is 36.6. The van der Waals surface area contributed by atoms with E-state index >= 15 is 0 Å². The second-order valence-corrected chi connectivity index (χ2v) is 16.3. The lowest BCUT2D eigenvalue weighted by atomic mass is 9.77. The van der Waals surface area contributed by atoms with Gasteiger partial charge in [0.2, 0.25) is 0 Å². The predicted octanol–water partition coefficient (Wildman–Crippen LogP) is 17.3. The number of allylic oxidation sites excluding steroid dienone is 6. The number of anilines is 5. The monoisotopic (exact) mass is 824 g/mol. The van der Waals surface area contributed by atoms with Crippen molar-refractivity contribution in [1.82, 2.24) is 0 Å². The van der Waals surface area contributed by atoms with Crippen LogP contribution in [0.25, 0.3) is 45.5 Å². The van der Waals surface area contributed by atoms with Gasteiger partial charge in [-0.05, 0) is 100.0 Å². The van der Waals surface area contributed by atoms with Gasteiger partial charge in [0.15, 0.2) is 0 Å². The van der Waals surface area contributed by atoms with Gasteiger partial charge in [0.25, 0.3) is 0 Å². The predicted molar refractivity (Wildman–Crippen MR) is 276 cm³/mol. The Balaban J connectivity index is 1.15. The van der Waals surface area contributed by atoms with Crippen molar-refractivity contribution in [2.24, 2.45) is 0 Å². The first-order valence-corrected chi connectivity index (χ1v) is 22.2. The molecule has 1 unspecified atom stereocenters. The molecule has 0 spiro atoms. The van der Waals surface area contributed by atoms with Gasteiger partial charge in [-0.25, -0.2) is 0 Å². The van der Waals surface area contributed by atoms with E-state index < -0.39 is 0 Å². The van der Waals surface area contributed by atoms with Crippen molar-refractivity contribution in [2.75, 3.05) is 9.80 Å². The fourth-order valence-corrected chi connectivity index (χ4v) is 8.79. The molecule has 0 bridgehead atoms. The summed E-state index contributed by atoms with van der Waals surface area (Å²) >= 11 is 0. The second-order valence-electron chi connectivity index (χ2n) is 16.3. The Morgan fingerprint density at radius 3 is 1.66 bits per heavy atom. The first-order valence-electron chi connectivity index (χ1n) is 22.2. The standard InChI is InChI=1S/C62H52N2/c1-4-6-22-52-26-14-18-34-59(52)64(53-28-11-8-12-29-53)61-36-20-16-32-57(61)50-39-37-49(38-40-50)56-31-15-19-35-60(56)63(55-43-41-48(42-44-55)47-23-9-7-10-24-47)54-30-21-27-51-25-13-17-33-58(51)62(3,5-2)46-45-54/h4,6-46H,1,5H2,2-3H3/b22-6-,27-21+,46-45?,54-30?. The third-order valence-electron chi connectivity index (χ3n) is 12.4. The SMILES string of the molecule is C=C/C=C\c1ccccc1N(c1ccccc1)c1ccccc1-c1ccc(-c2ccccc2N(C2=C/C=C/c3ccccc3C(C)(CC)C=C2)c2ccc(-c3ccccc3)cc2)cc1. The fraction of sp³-hybridized carbons (Fsp3) is 0.0645. The molecule has 0 N–H and O–H groups in total. The highest BCUT2D eigenvalue weighted by Gasteiger charge is 2.26. The molecule has 0 saturated heterocycles. The number of benzene rings is 8. The molecule has 8 aromatic rings. The molecule has 0 radical (unpaired) electrons. The third kappa shape index (κ3) is 8.60. The van der Waals surface area contributed by atoms with Crippen LogP contribution in [0.5, 0.6) is 0 Å². The molecule has 0 aromatic heterocycles. The van der Waals surface area contributed by atoms with Gasteiger partial charge in [-0.3, -0.25) is 0 Å². The zero-order valence-corrected chi connectivity index (χ0v) is 36.6. The van der Waals surface area contributed by atoms with E-state index in [1.165, 1.54) is 22.3 Å². The Bertz CT molecular complexity index is 2990. The molecule has 0 heterocycles. The maximum atomic E-state index is 3.93. The molecule has 8 aromatic carbocycles. The number of fused-ring (bicyclic) bond motifs is 1. The molecule has 310 valence electrons. The number of para-hydroxylation sites is 4. The Morgan fingerprint density at radius 2 is 1.00 bits per heavy atom. The second kappa shape index (κ2) is 19.0. The van der Waals surface area contributed by atoms with Crippen LogP contribution in [0, 0.1) is 0 Å². The first kappa shape index (κ1) is 41.4. The maximum absolute atomic E-state index is 3.93. The number of hydrogen-bond acceptors (Lipinski definition) is 2. The summed E-state index contributed by atoms with van der Waals surface area (Å²) in [4.78, 5) is 4.77. The Hall–Kier alpha value is -7.94. The van der Waals surface area contributed by atoms with E-state index in [1.54, 1.807) is 0 Å². The van der Waals surface area contributed by atoms with Crippen molar-refractivity contribution in [3.05, 3.63) is 272 Å². The van der Waals surface area contributed by atoms with Crippen molar-refractivity contribution < 1.29 is 0 Å². The number of hydrogen-bond donors (Lipinski definition) is 0. The third-order valence-corrected chi connectivity index (χ3v) is 12.4. The molecule has 1 aliphatic carbocycles. The van der Waals surface area contributed by atoms with Crippen LogP contribution in [-0.4, -0.2) is 0 Å². The average molecular weight is 825 g/mol. The highest BCUT2D eigenvalue weighted by atomic mass is 15.2. The van der Waals surface area contributed by atoms with E-state index in [-0.39, 0.29) is 5.41 Å². The summed E-state index contributed by atoms with van der Waals surface area (Å²) < 4.78 is 0. The molecular weight excluding hydrogens is 773 g/mol. The maximum Gasteiger partial charge on any atom is 0.0540 e. The van der Waals surface area contributed by atoms with Crippen molar-refractivity contribution in [3.63, 3.8) is 0 Å². The zero-order chi connectivity index (χ0) is 43.7. The summed E-state index contributed by atoms with van der Waals surface area (Å²) in [6, 6.07) is 74.1. The average Bonchev–Trinajstić information content (AvgIpc) is 3.43. The first-order chi connectivity index (χ1) is 31.5. The van der Waals surface area contributed by atoms with Crippen LogP contribution in [0.2, 0.25) is 0 Å². The molecular formula is C62H52N2. The minimum Gasteiger partial charge on any atom is -0.310 e. The molecule has 1 atom stereocenters. The van der Waals surface area contributed by atoms with Crippen LogP contribution < -0.4 is 9.80 Å². The largest absolute Gasteiger partial charge is 0.310 e. The molecule has 0 saturated carbocycles. The van der Waals surface area contributed by atoms with E-state index in [9.17, 15) is 0 Å². The quantitative estimate of drug-likeness (QED) is 0.113. The van der Waals surface area contributed by atoms with Crippen LogP contribution in [0.4, 0.5) is 28.4 Å². The van der Waals surface area contributed by atoms with E-state index in [0.29, 0.717) is 0 Å². The molecule has 2 heteroatoms. The van der Waals surface area contributed by atoms with Crippen molar-refractivity contribution in [2.45, 2.75) is 25.7 Å². The Kier molecular flexibility index (Phi) is 12.3. The van der Waals surface area contributed by atoms with Gasteiger partial charge in [0.1, 0.15) is 0 Å². The van der Waals surface area contributed by atoms with Gasteiger partial charge in [0, 0.05) is 33.6 Å². The number of nitrogens with zero attached hydrogens (tertiary/aromatic N) is 2. The fourth-order valence-electron chi connectivity index (χ4n) is 8.79. The van der Waals surface area contributed by atoms with Gasteiger partial charge in [-0.1, -0.05) is 221 Å².